The van der Waals surface area contributed by atoms with E-state index in [1.54, 1.807) is 0 Å². The zero-order chi connectivity index (χ0) is 17.0. The number of fused-ring (bicyclic) bond motifs is 4. The topological polar surface area (TPSA) is 13.1 Å². The molecule has 1 aliphatic carbocycles. The molecule has 1 heteroatoms. The maximum atomic E-state index is 6.39. The maximum Gasteiger partial charge on any atom is 0.139 e. The number of hydrogen-bond acceptors (Lipinski definition) is 1. The highest BCUT2D eigenvalue weighted by Gasteiger charge is 2.20. The number of hydrogen-bond donors (Lipinski definition) is 0. The molecule has 1 aliphatic heterocycles. The lowest BCUT2D eigenvalue weighted by Crippen LogP contribution is -1.87. The number of benzene rings is 3. The Morgan fingerprint density at radius 1 is 0.680 bits per heavy atom. The molecule has 120 valence electrons. The van der Waals surface area contributed by atoms with Gasteiger partial charge in [0, 0.05) is 16.7 Å². The third-order valence-electron chi connectivity index (χ3n) is 5.16. The van der Waals surface area contributed by atoms with E-state index in [4.69, 9.17) is 4.42 Å². The minimum absolute atomic E-state index is 0.925. The van der Waals surface area contributed by atoms with E-state index < -0.39 is 0 Å². The summed E-state index contributed by atoms with van der Waals surface area (Å²) in [7, 11) is 0. The Morgan fingerprint density at radius 3 is 2.24 bits per heavy atom. The number of rotatable bonds is 1. The second-order valence-corrected chi connectivity index (χ2v) is 6.73. The molecule has 0 unspecified atom stereocenters. The lowest BCUT2D eigenvalue weighted by molar-refractivity contribution is 0.579. The Balaban J connectivity index is 1.80. The maximum absolute atomic E-state index is 6.39. The molecule has 0 spiro atoms. The Hall–Kier alpha value is -3.06. The smallest absolute Gasteiger partial charge is 0.139 e. The fraction of sp³-hybridized carbons (Fsp3) is 0.0833. The monoisotopic (exact) mass is 322 g/mol. The SMILES string of the molecule is Cc1cc(-c2ccc3ccccc3c2)oc2c(C)c3ccccc3c1-2. The number of aryl methyl sites for hydroxylation is 2. The summed E-state index contributed by atoms with van der Waals surface area (Å²) in [6, 6.07) is 25.6. The van der Waals surface area contributed by atoms with E-state index in [-0.39, 0.29) is 0 Å². The van der Waals surface area contributed by atoms with Crippen molar-refractivity contribution in [2.24, 2.45) is 0 Å². The standard InChI is InChI=1S/C24H18O/c1-15-13-22(19-12-11-17-7-3-4-8-18(17)14-19)25-24-16(2)20-9-5-6-10-21(20)23(15)24/h3-14H,1-2H3. The van der Waals surface area contributed by atoms with Gasteiger partial charge < -0.3 is 4.42 Å². The van der Waals surface area contributed by atoms with Crippen LogP contribution in [0, 0.1) is 13.8 Å². The zero-order valence-electron chi connectivity index (χ0n) is 14.3. The summed E-state index contributed by atoms with van der Waals surface area (Å²) in [5.41, 5.74) is 4.83. The van der Waals surface area contributed by atoms with Crippen LogP contribution >= 0.6 is 0 Å². The van der Waals surface area contributed by atoms with Gasteiger partial charge in [0.15, 0.2) is 0 Å². The van der Waals surface area contributed by atoms with Crippen LogP contribution in [0.2, 0.25) is 0 Å². The second kappa shape index (κ2) is 5.22. The summed E-state index contributed by atoms with van der Waals surface area (Å²) in [4.78, 5) is 0. The molecule has 0 saturated carbocycles. The van der Waals surface area contributed by atoms with E-state index in [0.29, 0.717) is 0 Å². The van der Waals surface area contributed by atoms with Crippen LogP contribution in [-0.2, 0) is 0 Å². The van der Waals surface area contributed by atoms with E-state index in [1.807, 2.05) is 0 Å². The van der Waals surface area contributed by atoms with Crippen LogP contribution in [0.5, 0.6) is 0 Å². The van der Waals surface area contributed by atoms with Crippen molar-refractivity contribution >= 4 is 21.5 Å². The average Bonchev–Trinajstić information content (AvgIpc) is 2.95. The molecule has 1 heterocycles. The van der Waals surface area contributed by atoms with E-state index in [2.05, 4.69) is 86.6 Å². The molecule has 0 aromatic heterocycles. The summed E-state index contributed by atoms with van der Waals surface area (Å²) in [6.45, 7) is 4.33. The van der Waals surface area contributed by atoms with E-state index in [9.17, 15) is 0 Å². The Morgan fingerprint density at radius 2 is 1.40 bits per heavy atom. The largest absolute Gasteiger partial charge is 0.456 e. The van der Waals surface area contributed by atoms with Gasteiger partial charge in [-0.25, -0.2) is 0 Å². The van der Waals surface area contributed by atoms with Gasteiger partial charge in [0.1, 0.15) is 11.5 Å². The van der Waals surface area contributed by atoms with Gasteiger partial charge in [0.05, 0.1) is 0 Å². The van der Waals surface area contributed by atoms with Crippen molar-refractivity contribution in [1.82, 2.24) is 0 Å². The predicted molar refractivity (Wildman–Crippen MR) is 105 cm³/mol. The molecule has 0 N–H and O–H groups in total. The molecule has 3 aromatic rings. The molecule has 0 amide bonds. The van der Waals surface area contributed by atoms with Crippen LogP contribution in [0.25, 0.3) is 44.2 Å². The van der Waals surface area contributed by atoms with Gasteiger partial charge in [-0.15, -0.1) is 0 Å². The third kappa shape index (κ3) is 2.09. The first-order chi connectivity index (χ1) is 12.2. The van der Waals surface area contributed by atoms with Crippen molar-refractivity contribution in [2.45, 2.75) is 13.8 Å². The highest BCUT2D eigenvalue weighted by Crippen LogP contribution is 2.43. The van der Waals surface area contributed by atoms with Gasteiger partial charge in [-0.2, -0.15) is 0 Å². The Bertz CT molecular complexity index is 1210. The molecular formula is C24H18O. The minimum Gasteiger partial charge on any atom is -0.456 e. The van der Waals surface area contributed by atoms with Gasteiger partial charge in [0.25, 0.3) is 0 Å². The fourth-order valence-corrected chi connectivity index (χ4v) is 3.87. The second-order valence-electron chi connectivity index (χ2n) is 6.73. The van der Waals surface area contributed by atoms with Crippen molar-refractivity contribution in [3.05, 3.63) is 83.9 Å². The van der Waals surface area contributed by atoms with E-state index >= 15 is 0 Å². The van der Waals surface area contributed by atoms with Gasteiger partial charge >= 0.3 is 0 Å². The molecule has 5 rings (SSSR count). The van der Waals surface area contributed by atoms with Gasteiger partial charge in [-0.3, -0.25) is 0 Å². The van der Waals surface area contributed by atoms with Crippen molar-refractivity contribution in [2.75, 3.05) is 0 Å². The van der Waals surface area contributed by atoms with Crippen LogP contribution in [0.15, 0.2) is 77.2 Å². The Labute approximate surface area is 146 Å². The summed E-state index contributed by atoms with van der Waals surface area (Å²) < 4.78 is 6.39. The highest BCUT2D eigenvalue weighted by atomic mass is 16.3. The van der Waals surface area contributed by atoms with Gasteiger partial charge in [-0.05, 0) is 53.1 Å². The summed E-state index contributed by atoms with van der Waals surface area (Å²) in [5.74, 6) is 1.93. The van der Waals surface area contributed by atoms with Crippen molar-refractivity contribution < 1.29 is 4.42 Å². The van der Waals surface area contributed by atoms with Gasteiger partial charge in [-0.1, -0.05) is 60.7 Å². The normalized spacial score (nSPS) is 11.6. The lowest BCUT2D eigenvalue weighted by Gasteiger charge is -2.10. The first-order valence-electron chi connectivity index (χ1n) is 8.63. The van der Waals surface area contributed by atoms with Crippen molar-refractivity contribution in [1.29, 1.82) is 0 Å². The molecule has 1 nitrogen and oxygen atoms in total. The fourth-order valence-electron chi connectivity index (χ4n) is 3.87. The molecule has 0 atom stereocenters. The molecule has 0 radical (unpaired) electrons. The van der Waals surface area contributed by atoms with Crippen LogP contribution in [0.3, 0.4) is 0 Å². The van der Waals surface area contributed by atoms with Crippen LogP contribution < -0.4 is 0 Å². The molecular weight excluding hydrogens is 304 g/mol. The highest BCUT2D eigenvalue weighted by molar-refractivity contribution is 6.05. The molecule has 0 saturated heterocycles. The predicted octanol–water partition coefficient (Wildman–Crippen LogP) is 6.97. The summed E-state index contributed by atoms with van der Waals surface area (Å²) in [6.07, 6.45) is 0. The summed E-state index contributed by atoms with van der Waals surface area (Å²) >= 11 is 0. The van der Waals surface area contributed by atoms with Crippen LogP contribution in [0.1, 0.15) is 11.1 Å². The zero-order valence-corrected chi connectivity index (χ0v) is 14.3. The quantitative estimate of drug-likeness (QED) is 0.324. The minimum atomic E-state index is 0.925. The molecule has 2 aliphatic rings. The molecule has 3 aromatic carbocycles. The first-order valence-corrected chi connectivity index (χ1v) is 8.63. The van der Waals surface area contributed by atoms with E-state index in [1.165, 1.54) is 38.2 Å². The molecule has 25 heavy (non-hydrogen) atoms. The van der Waals surface area contributed by atoms with Crippen LogP contribution in [0.4, 0.5) is 0 Å². The third-order valence-corrected chi connectivity index (χ3v) is 5.16. The molecule has 0 bridgehead atoms. The van der Waals surface area contributed by atoms with Crippen molar-refractivity contribution in [3.8, 4) is 22.6 Å². The summed E-state index contributed by atoms with van der Waals surface area (Å²) in [5, 5.41) is 5.04. The Kier molecular flexibility index (Phi) is 2.98. The molecule has 0 fully saturated rings. The van der Waals surface area contributed by atoms with E-state index in [0.717, 1.165) is 17.1 Å². The van der Waals surface area contributed by atoms with Crippen molar-refractivity contribution in [3.63, 3.8) is 0 Å². The lowest BCUT2D eigenvalue weighted by atomic mass is 10.0. The first kappa shape index (κ1) is 14.3. The average molecular weight is 322 g/mol. The van der Waals surface area contributed by atoms with Gasteiger partial charge in [0.2, 0.25) is 0 Å². The van der Waals surface area contributed by atoms with Crippen LogP contribution in [-0.4, -0.2) is 0 Å².